The summed E-state index contributed by atoms with van der Waals surface area (Å²) >= 11 is 1.71. The van der Waals surface area contributed by atoms with Gasteiger partial charge in [-0.3, -0.25) is 11.3 Å². The second-order valence-electron chi connectivity index (χ2n) is 4.73. The predicted octanol–water partition coefficient (Wildman–Crippen LogP) is 2.69. The molecule has 0 saturated heterocycles. The number of nitrogens with one attached hydrogen (secondary N) is 2. The molecule has 115 valence electrons. The van der Waals surface area contributed by atoms with E-state index in [1.54, 1.807) is 11.3 Å². The van der Waals surface area contributed by atoms with E-state index in [-0.39, 0.29) is 5.56 Å². The number of aliphatic imine (C=N–C) groups is 1. The summed E-state index contributed by atoms with van der Waals surface area (Å²) in [5, 5.41) is 4.38. The number of thiophene rings is 1. The van der Waals surface area contributed by atoms with Crippen molar-refractivity contribution in [2.75, 3.05) is 5.32 Å². The summed E-state index contributed by atoms with van der Waals surface area (Å²) in [6.07, 6.45) is 1.33. The molecule has 1 aliphatic rings. The van der Waals surface area contributed by atoms with Crippen LogP contribution in [0.5, 0.6) is 0 Å². The van der Waals surface area contributed by atoms with Crippen molar-refractivity contribution in [1.29, 1.82) is 0 Å². The fraction of sp³-hybridized carbons (Fsp3) is 0.143. The number of hydrogen-bond acceptors (Lipinski definition) is 5. The second-order valence-corrected chi connectivity index (χ2v) is 5.87. The van der Waals surface area contributed by atoms with Crippen LogP contribution in [-0.2, 0) is 6.54 Å². The van der Waals surface area contributed by atoms with Gasteiger partial charge in [-0.25, -0.2) is 4.98 Å². The Labute approximate surface area is 118 Å². The molecule has 1 radical (unpaired) electrons. The molecular formula is C14H11LrN4OS-. The zero-order valence-electron chi connectivity index (χ0n) is 11.0. The van der Waals surface area contributed by atoms with Gasteiger partial charge in [-0.15, -0.1) is 17.0 Å². The standard InChI is InChI=1S/C14H11N4OS.Lr/c1-7-4-16-14-10(5-15-7)20-9-3-2-8-13(12(9)14)17-6-11(19)18-8;/h2-4,6,16H,5H2,1H3,(H,18,19);/q-1;. The number of hydrogen-bond donors (Lipinski definition) is 2. The van der Waals surface area contributed by atoms with Gasteiger partial charge in [-0.05, 0) is 12.1 Å². The summed E-state index contributed by atoms with van der Waals surface area (Å²) in [5.74, 6) is 0. The van der Waals surface area contributed by atoms with Crippen molar-refractivity contribution in [3.05, 3.63) is 40.1 Å². The Balaban J connectivity index is 0.00000132. The van der Waals surface area contributed by atoms with Crippen LogP contribution in [0.2, 0.25) is 0 Å². The molecule has 3 aromatic rings. The van der Waals surface area contributed by atoms with Gasteiger partial charge in [0, 0.05) is 20.7 Å². The number of H-pyrrole nitrogens is 1. The summed E-state index contributed by atoms with van der Waals surface area (Å²) in [6, 6.07) is 3.92. The summed E-state index contributed by atoms with van der Waals surface area (Å²) < 4.78 is 1.15. The number of aromatic nitrogens is 2. The van der Waals surface area contributed by atoms with Crippen LogP contribution in [0.1, 0.15) is 11.8 Å². The minimum atomic E-state index is -0.183. The molecule has 0 fully saturated rings. The van der Waals surface area contributed by atoms with Crippen molar-refractivity contribution < 1.29 is 0 Å². The number of aromatic amines is 1. The number of benzene rings is 1. The predicted molar refractivity (Wildman–Crippen MR) is 82.5 cm³/mol. The quantitative estimate of drug-likeness (QED) is 0.427. The second kappa shape index (κ2) is 4.35. The molecule has 5 nitrogen and oxygen atoms in total. The summed E-state index contributed by atoms with van der Waals surface area (Å²) in [4.78, 5) is 24.2. The van der Waals surface area contributed by atoms with E-state index in [0.29, 0.717) is 6.54 Å². The zero-order chi connectivity index (χ0) is 13.7. The van der Waals surface area contributed by atoms with E-state index < -0.39 is 0 Å². The van der Waals surface area contributed by atoms with Crippen LogP contribution in [0.3, 0.4) is 0 Å². The summed E-state index contributed by atoms with van der Waals surface area (Å²) in [7, 11) is 0. The van der Waals surface area contributed by atoms with Gasteiger partial charge in [0.25, 0.3) is 5.56 Å². The maximum atomic E-state index is 11.4. The first-order valence-corrected chi connectivity index (χ1v) is 7.08. The van der Waals surface area contributed by atoms with E-state index in [0.717, 1.165) is 32.5 Å². The first-order valence-electron chi connectivity index (χ1n) is 6.26. The molecule has 0 bridgehead atoms. The molecule has 0 atom stereocenters. The molecule has 3 heterocycles. The van der Waals surface area contributed by atoms with Gasteiger partial charge in [0.15, 0.2) is 0 Å². The number of nitrogens with zero attached hydrogens (tertiary/aromatic N) is 2. The van der Waals surface area contributed by atoms with Crippen LogP contribution >= 0.6 is 11.3 Å². The molecule has 0 aliphatic carbocycles. The number of fused-ring (bicyclic) bond motifs is 5. The molecule has 2 N–H and O–H groups in total. The summed E-state index contributed by atoms with van der Waals surface area (Å²) in [6.45, 7) is 4.55. The molecule has 7 heteroatoms. The maximum absolute atomic E-state index is 11.4. The van der Waals surface area contributed by atoms with Crippen molar-refractivity contribution in [3.8, 4) is 0 Å². The minimum Gasteiger partial charge on any atom is -0.513 e. The van der Waals surface area contributed by atoms with Crippen LogP contribution in [0.15, 0.2) is 28.1 Å². The van der Waals surface area contributed by atoms with Gasteiger partial charge in [-0.2, -0.15) is 0 Å². The van der Waals surface area contributed by atoms with Crippen molar-refractivity contribution in [2.45, 2.75) is 13.5 Å². The Bertz CT molecular complexity index is 928. The third kappa shape index (κ3) is 1.80. The fourth-order valence-electron chi connectivity index (χ4n) is 2.43. The van der Waals surface area contributed by atoms with Gasteiger partial charge < -0.3 is 15.3 Å². The Morgan fingerprint density at radius 1 is 1.38 bits per heavy atom. The monoisotopic (exact) mass is 545 g/mol. The zero-order valence-corrected chi connectivity index (χ0v) is 14.0. The molecule has 0 saturated carbocycles. The van der Waals surface area contributed by atoms with Crippen molar-refractivity contribution in [1.82, 2.24) is 9.97 Å². The van der Waals surface area contributed by atoms with E-state index in [2.05, 4.69) is 20.3 Å². The van der Waals surface area contributed by atoms with Crippen molar-refractivity contribution in [3.63, 3.8) is 0 Å². The van der Waals surface area contributed by atoms with Crippen molar-refractivity contribution >= 4 is 43.9 Å². The molecule has 0 spiro atoms. The normalized spacial score (nSPS) is 13.7. The smallest absolute Gasteiger partial charge is 0.266 e. The topological polar surface area (TPSA) is 70.1 Å². The van der Waals surface area contributed by atoms with Crippen LogP contribution in [-0.4, -0.2) is 15.7 Å². The molecule has 4 rings (SSSR count). The van der Waals surface area contributed by atoms with Gasteiger partial charge in [0.05, 0.1) is 23.8 Å². The maximum Gasteiger partial charge on any atom is 0.266 e. The third-order valence-electron chi connectivity index (χ3n) is 3.37. The van der Waals surface area contributed by atoms with E-state index in [1.165, 1.54) is 11.1 Å². The van der Waals surface area contributed by atoms with Crippen LogP contribution in [0.25, 0.3) is 21.1 Å². The Morgan fingerprint density at radius 3 is 3.10 bits per heavy atom. The average molecular weight is 545 g/mol. The van der Waals surface area contributed by atoms with Gasteiger partial charge in [0.2, 0.25) is 0 Å². The minimum absolute atomic E-state index is 0. The van der Waals surface area contributed by atoms with E-state index in [4.69, 9.17) is 0 Å². The van der Waals surface area contributed by atoms with Crippen LogP contribution < -0.4 is 10.9 Å². The van der Waals surface area contributed by atoms with Crippen molar-refractivity contribution in [2.24, 2.45) is 4.99 Å². The fourth-order valence-corrected chi connectivity index (χ4v) is 3.52. The van der Waals surface area contributed by atoms with Gasteiger partial charge in [0.1, 0.15) is 0 Å². The SMILES string of the molecule is CC1=NCc2sc3ccc4[nH]c(=O)cnc4c3c2N[CH-]1.[Lr]. The Hall–Kier alpha value is -3.34. The number of anilines is 1. The number of rotatable bonds is 0. The molecule has 1 aliphatic heterocycles. The van der Waals surface area contributed by atoms with E-state index in [9.17, 15) is 4.79 Å². The van der Waals surface area contributed by atoms with Crippen LogP contribution in [0, 0.1) is 6.54 Å². The first-order chi connectivity index (χ1) is 9.72. The molecule has 2 aromatic heterocycles. The average Bonchev–Trinajstić information content (AvgIpc) is 2.70. The van der Waals surface area contributed by atoms with Crippen LogP contribution in [0.4, 0.5) is 5.69 Å². The molecule has 1 aromatic carbocycles. The molecule has 0 unspecified atom stereocenters. The Morgan fingerprint density at radius 2 is 2.24 bits per heavy atom. The Kier molecular flexibility index (Phi) is 2.62. The van der Waals surface area contributed by atoms with E-state index in [1.807, 2.05) is 25.6 Å². The van der Waals surface area contributed by atoms with Gasteiger partial charge in [-0.1, -0.05) is 6.92 Å². The molecule has 21 heavy (non-hydrogen) atoms. The molecule has 0 amide bonds. The first kappa shape index (κ1) is 12.7. The molecular weight excluding hydrogens is 534 g/mol. The third-order valence-corrected chi connectivity index (χ3v) is 4.51. The summed E-state index contributed by atoms with van der Waals surface area (Å²) in [5.41, 5.74) is 3.42. The van der Waals surface area contributed by atoms with E-state index >= 15 is 0 Å². The largest absolute Gasteiger partial charge is 0.513 e. The van der Waals surface area contributed by atoms with Gasteiger partial charge >= 0.3 is 0 Å².